The molecule has 0 unspecified atom stereocenters. The first kappa shape index (κ1) is 9.23. The van der Waals surface area contributed by atoms with E-state index < -0.39 is 6.16 Å². The van der Waals surface area contributed by atoms with Crippen molar-refractivity contribution >= 4 is 6.16 Å². The maximum absolute atomic E-state index is 10.5. The molecule has 0 heterocycles. The molecule has 10 heavy (non-hydrogen) atoms. The SMILES string of the molecule is CCNOC(=O)OC(C)C. The van der Waals surface area contributed by atoms with Crippen LogP contribution in [0.4, 0.5) is 4.79 Å². The van der Waals surface area contributed by atoms with Gasteiger partial charge < -0.3 is 9.57 Å². The first-order valence-corrected chi connectivity index (χ1v) is 3.27. The third-order valence-corrected chi connectivity index (χ3v) is 0.632. The van der Waals surface area contributed by atoms with Gasteiger partial charge in [-0.2, -0.15) is 5.48 Å². The van der Waals surface area contributed by atoms with Gasteiger partial charge in [-0.25, -0.2) is 4.79 Å². The quantitative estimate of drug-likeness (QED) is 0.479. The van der Waals surface area contributed by atoms with E-state index in [-0.39, 0.29) is 6.10 Å². The highest BCUT2D eigenvalue weighted by Gasteiger charge is 2.04. The van der Waals surface area contributed by atoms with Crippen LogP contribution < -0.4 is 5.48 Å². The van der Waals surface area contributed by atoms with Crippen LogP contribution in [0.25, 0.3) is 0 Å². The van der Waals surface area contributed by atoms with Crippen LogP contribution in [0.15, 0.2) is 0 Å². The predicted octanol–water partition coefficient (Wildman–Crippen LogP) is 1.07. The summed E-state index contributed by atoms with van der Waals surface area (Å²) in [7, 11) is 0. The minimum atomic E-state index is -0.683. The van der Waals surface area contributed by atoms with E-state index >= 15 is 0 Å². The van der Waals surface area contributed by atoms with Crippen molar-refractivity contribution in [1.82, 2.24) is 5.48 Å². The Kier molecular flexibility index (Phi) is 4.66. The number of hydrogen-bond acceptors (Lipinski definition) is 4. The van der Waals surface area contributed by atoms with Crippen molar-refractivity contribution in [1.29, 1.82) is 0 Å². The van der Waals surface area contributed by atoms with Gasteiger partial charge in [0, 0.05) is 6.54 Å². The fourth-order valence-corrected chi connectivity index (χ4v) is 0.348. The lowest BCUT2D eigenvalue weighted by Gasteiger charge is -2.06. The largest absolute Gasteiger partial charge is 0.527 e. The molecule has 0 bridgehead atoms. The Hall–Kier alpha value is -0.770. The third-order valence-electron chi connectivity index (χ3n) is 0.632. The Bertz CT molecular complexity index is 103. The predicted molar refractivity (Wildman–Crippen MR) is 36.4 cm³/mol. The molecule has 0 aliphatic heterocycles. The highest BCUT2D eigenvalue weighted by Crippen LogP contribution is 1.89. The van der Waals surface area contributed by atoms with E-state index in [4.69, 9.17) is 0 Å². The molecule has 0 saturated heterocycles. The first-order valence-electron chi connectivity index (χ1n) is 3.27. The molecule has 0 radical (unpaired) electrons. The van der Waals surface area contributed by atoms with Crippen molar-refractivity contribution in [2.24, 2.45) is 0 Å². The van der Waals surface area contributed by atoms with Crippen molar-refractivity contribution in [3.8, 4) is 0 Å². The molecule has 4 heteroatoms. The molecule has 0 rings (SSSR count). The minimum Gasteiger partial charge on any atom is -0.430 e. The first-order chi connectivity index (χ1) is 4.66. The molecule has 1 N–H and O–H groups in total. The second kappa shape index (κ2) is 5.05. The summed E-state index contributed by atoms with van der Waals surface area (Å²) in [6, 6.07) is 0. The van der Waals surface area contributed by atoms with Crippen molar-refractivity contribution in [3.05, 3.63) is 0 Å². The Morgan fingerprint density at radius 1 is 1.60 bits per heavy atom. The number of hydroxylamine groups is 1. The molecule has 0 aliphatic carbocycles. The van der Waals surface area contributed by atoms with Gasteiger partial charge in [-0.05, 0) is 20.8 Å². The van der Waals surface area contributed by atoms with Crippen molar-refractivity contribution in [2.45, 2.75) is 26.9 Å². The molecule has 0 saturated carbocycles. The van der Waals surface area contributed by atoms with E-state index in [9.17, 15) is 4.79 Å². The average Bonchev–Trinajstić information content (AvgIpc) is 1.82. The molecule has 0 aromatic carbocycles. The normalized spacial score (nSPS) is 9.60. The molecular formula is C6H13NO3. The highest BCUT2D eigenvalue weighted by molar-refractivity contribution is 5.59. The number of carbonyl (C=O) groups excluding carboxylic acids is 1. The van der Waals surface area contributed by atoms with Crippen molar-refractivity contribution < 1.29 is 14.4 Å². The molecule has 0 aliphatic rings. The molecular weight excluding hydrogens is 134 g/mol. The number of carbonyl (C=O) groups is 1. The number of nitrogens with one attached hydrogen (secondary N) is 1. The van der Waals surface area contributed by atoms with E-state index in [1.54, 1.807) is 13.8 Å². The number of hydrogen-bond donors (Lipinski definition) is 1. The molecule has 0 aromatic heterocycles. The summed E-state index contributed by atoms with van der Waals surface area (Å²) in [5, 5.41) is 0. The summed E-state index contributed by atoms with van der Waals surface area (Å²) in [4.78, 5) is 14.9. The molecule has 0 atom stereocenters. The average molecular weight is 147 g/mol. The Balaban J connectivity index is 3.26. The molecule has 0 fully saturated rings. The van der Waals surface area contributed by atoms with Gasteiger partial charge in [0.15, 0.2) is 0 Å². The summed E-state index contributed by atoms with van der Waals surface area (Å²) >= 11 is 0. The van der Waals surface area contributed by atoms with Gasteiger partial charge in [0.05, 0.1) is 6.10 Å². The maximum atomic E-state index is 10.5. The minimum absolute atomic E-state index is 0.133. The fourth-order valence-electron chi connectivity index (χ4n) is 0.348. The van der Waals surface area contributed by atoms with Gasteiger partial charge in [-0.3, -0.25) is 0 Å². The van der Waals surface area contributed by atoms with Crippen molar-refractivity contribution in [3.63, 3.8) is 0 Å². The highest BCUT2D eigenvalue weighted by atomic mass is 16.8. The maximum Gasteiger partial charge on any atom is 0.527 e. The molecule has 0 spiro atoms. The third kappa shape index (κ3) is 5.37. The van der Waals surface area contributed by atoms with Crippen LogP contribution in [0.5, 0.6) is 0 Å². The van der Waals surface area contributed by atoms with Crippen LogP contribution in [0.1, 0.15) is 20.8 Å². The molecule has 0 aromatic rings. The Labute approximate surface area is 60.5 Å². The van der Waals surface area contributed by atoms with Crippen LogP contribution in [-0.4, -0.2) is 18.8 Å². The van der Waals surface area contributed by atoms with Gasteiger partial charge >= 0.3 is 6.16 Å². The summed E-state index contributed by atoms with van der Waals surface area (Å²) < 4.78 is 4.63. The van der Waals surface area contributed by atoms with Crippen molar-refractivity contribution in [2.75, 3.05) is 6.54 Å². The summed E-state index contributed by atoms with van der Waals surface area (Å²) in [6.45, 7) is 5.91. The van der Waals surface area contributed by atoms with Crippen LogP contribution in [0.2, 0.25) is 0 Å². The zero-order valence-corrected chi connectivity index (χ0v) is 6.51. The zero-order valence-electron chi connectivity index (χ0n) is 6.51. The second-order valence-corrected chi connectivity index (χ2v) is 2.02. The van der Waals surface area contributed by atoms with Gasteiger partial charge in [0.2, 0.25) is 0 Å². The van der Waals surface area contributed by atoms with Crippen LogP contribution in [0.3, 0.4) is 0 Å². The summed E-state index contributed by atoms with van der Waals surface area (Å²) in [6.07, 6.45) is -0.817. The number of rotatable bonds is 3. The second-order valence-electron chi connectivity index (χ2n) is 2.02. The van der Waals surface area contributed by atoms with E-state index in [1.165, 1.54) is 0 Å². The Morgan fingerprint density at radius 2 is 2.20 bits per heavy atom. The van der Waals surface area contributed by atoms with Gasteiger partial charge in [0.25, 0.3) is 0 Å². The van der Waals surface area contributed by atoms with E-state index in [1.807, 2.05) is 6.92 Å². The lowest BCUT2D eigenvalue weighted by Crippen LogP contribution is -2.22. The standard InChI is InChI=1S/C6H13NO3/c1-4-7-10-6(8)9-5(2)3/h5,7H,4H2,1-3H3. The van der Waals surface area contributed by atoms with E-state index in [0.717, 1.165) is 0 Å². The monoisotopic (exact) mass is 147 g/mol. The van der Waals surface area contributed by atoms with Gasteiger partial charge in [-0.15, -0.1) is 0 Å². The van der Waals surface area contributed by atoms with Gasteiger partial charge in [0.1, 0.15) is 0 Å². The smallest absolute Gasteiger partial charge is 0.430 e. The number of ether oxygens (including phenoxy) is 1. The van der Waals surface area contributed by atoms with Crippen LogP contribution in [-0.2, 0) is 9.57 Å². The van der Waals surface area contributed by atoms with Crippen LogP contribution >= 0.6 is 0 Å². The summed E-state index contributed by atoms with van der Waals surface area (Å²) in [5.74, 6) is 0. The van der Waals surface area contributed by atoms with Crippen LogP contribution in [0, 0.1) is 0 Å². The Morgan fingerprint density at radius 3 is 2.60 bits per heavy atom. The summed E-state index contributed by atoms with van der Waals surface area (Å²) in [5.41, 5.74) is 2.38. The van der Waals surface area contributed by atoms with Gasteiger partial charge in [-0.1, -0.05) is 0 Å². The molecule has 0 amide bonds. The topological polar surface area (TPSA) is 47.6 Å². The molecule has 60 valence electrons. The lowest BCUT2D eigenvalue weighted by atomic mass is 10.5. The lowest BCUT2D eigenvalue weighted by molar-refractivity contribution is 0.00213. The van der Waals surface area contributed by atoms with E-state index in [0.29, 0.717) is 6.54 Å². The fraction of sp³-hybridized carbons (Fsp3) is 0.833. The van der Waals surface area contributed by atoms with E-state index in [2.05, 4.69) is 15.1 Å². The zero-order chi connectivity index (χ0) is 7.98. The molecule has 4 nitrogen and oxygen atoms in total.